The molecular formula is C19H17F2N3O4S. The Labute approximate surface area is 168 Å². The first-order valence-corrected chi connectivity index (χ1v) is 9.26. The van der Waals surface area contributed by atoms with Gasteiger partial charge in [-0.1, -0.05) is 0 Å². The molecule has 10 heteroatoms. The molecule has 1 N–H and O–H groups in total. The largest absolute Gasteiger partial charge is 0.459 e. The molecule has 3 aromatic rings. The molecule has 0 aliphatic rings. The van der Waals surface area contributed by atoms with Gasteiger partial charge in [0, 0.05) is 17.5 Å². The molecule has 1 aromatic carbocycles. The van der Waals surface area contributed by atoms with E-state index in [2.05, 4.69) is 15.0 Å². The van der Waals surface area contributed by atoms with Gasteiger partial charge in [-0.15, -0.1) is 11.3 Å². The number of likely N-dealkylation sites (N-methyl/N-ethyl adjacent to an activating group) is 1. The topological polar surface area (TPSA) is 84.7 Å². The molecule has 3 rings (SSSR count). The van der Waals surface area contributed by atoms with Gasteiger partial charge in [0.25, 0.3) is 5.91 Å². The zero-order valence-corrected chi connectivity index (χ0v) is 16.3. The van der Waals surface area contributed by atoms with Crippen molar-refractivity contribution in [2.24, 2.45) is 0 Å². The molecule has 0 unspecified atom stereocenters. The molecule has 2 amide bonds. The van der Waals surface area contributed by atoms with E-state index in [1.54, 1.807) is 18.2 Å². The molecule has 0 spiro atoms. The number of amides is 2. The Morgan fingerprint density at radius 1 is 1.28 bits per heavy atom. The molecule has 152 valence electrons. The standard InChI is InChI=1S/C19H17F2N3O4S/c1-11-16(12-5-7-13(8-6-12)28-18(20)21)23-19(29-11)22-15(25)10-24(2)17(26)14-4-3-9-27-14/h3-9,18H,10H2,1-2H3,(H,22,23,25). The number of nitrogens with one attached hydrogen (secondary N) is 1. The highest BCUT2D eigenvalue weighted by Gasteiger charge is 2.18. The summed E-state index contributed by atoms with van der Waals surface area (Å²) in [6, 6.07) is 9.18. The van der Waals surface area contributed by atoms with E-state index in [4.69, 9.17) is 4.42 Å². The number of carbonyl (C=O) groups is 2. The van der Waals surface area contributed by atoms with Crippen molar-refractivity contribution in [2.45, 2.75) is 13.5 Å². The summed E-state index contributed by atoms with van der Waals surface area (Å²) in [7, 11) is 1.49. The normalized spacial score (nSPS) is 10.8. The van der Waals surface area contributed by atoms with E-state index in [1.807, 2.05) is 6.92 Å². The van der Waals surface area contributed by atoms with Crippen LogP contribution in [0, 0.1) is 6.92 Å². The highest BCUT2D eigenvalue weighted by molar-refractivity contribution is 7.16. The lowest BCUT2D eigenvalue weighted by Gasteiger charge is -2.14. The minimum absolute atomic E-state index is 0.0504. The first-order chi connectivity index (χ1) is 13.8. The van der Waals surface area contributed by atoms with Crippen LogP contribution >= 0.6 is 11.3 Å². The summed E-state index contributed by atoms with van der Waals surface area (Å²) in [5.41, 5.74) is 1.32. The Kier molecular flexibility index (Phi) is 6.23. The number of aromatic nitrogens is 1. The Balaban J connectivity index is 1.64. The number of nitrogens with zero attached hydrogens (tertiary/aromatic N) is 2. The van der Waals surface area contributed by atoms with E-state index in [0.29, 0.717) is 16.4 Å². The molecule has 0 radical (unpaired) electrons. The Bertz CT molecular complexity index is 988. The Hall–Kier alpha value is -3.27. The number of ether oxygens (including phenoxy) is 1. The van der Waals surface area contributed by atoms with Gasteiger partial charge in [0.15, 0.2) is 10.9 Å². The van der Waals surface area contributed by atoms with E-state index < -0.39 is 18.4 Å². The van der Waals surface area contributed by atoms with Crippen molar-refractivity contribution in [2.75, 3.05) is 18.9 Å². The lowest BCUT2D eigenvalue weighted by Crippen LogP contribution is -2.34. The summed E-state index contributed by atoms with van der Waals surface area (Å²) < 4.78 is 33.9. The third-order valence-corrected chi connectivity index (χ3v) is 4.74. The predicted molar refractivity (Wildman–Crippen MR) is 103 cm³/mol. The fourth-order valence-corrected chi connectivity index (χ4v) is 3.40. The molecule has 2 aromatic heterocycles. The summed E-state index contributed by atoms with van der Waals surface area (Å²) in [6.07, 6.45) is 1.38. The van der Waals surface area contributed by atoms with Crippen LogP contribution in [0.3, 0.4) is 0 Å². The number of furan rings is 1. The maximum Gasteiger partial charge on any atom is 0.387 e. The number of anilines is 1. The minimum Gasteiger partial charge on any atom is -0.459 e. The third-order valence-electron chi connectivity index (χ3n) is 3.86. The molecule has 0 bridgehead atoms. The van der Waals surface area contributed by atoms with E-state index in [1.165, 1.54) is 47.7 Å². The Morgan fingerprint density at radius 3 is 2.62 bits per heavy atom. The van der Waals surface area contributed by atoms with Gasteiger partial charge < -0.3 is 19.4 Å². The van der Waals surface area contributed by atoms with Crippen LogP contribution in [0.4, 0.5) is 13.9 Å². The second kappa shape index (κ2) is 8.82. The molecule has 29 heavy (non-hydrogen) atoms. The molecule has 0 aliphatic heterocycles. The minimum atomic E-state index is -2.89. The maximum atomic E-state index is 12.3. The van der Waals surface area contributed by atoms with Crippen molar-refractivity contribution in [3.63, 3.8) is 0 Å². The van der Waals surface area contributed by atoms with Gasteiger partial charge in [0.05, 0.1) is 12.0 Å². The van der Waals surface area contributed by atoms with Crippen molar-refractivity contribution in [3.8, 4) is 17.0 Å². The number of thiazole rings is 1. The molecule has 0 saturated heterocycles. The number of carbonyl (C=O) groups excluding carboxylic acids is 2. The fraction of sp³-hybridized carbons (Fsp3) is 0.211. The Morgan fingerprint density at radius 2 is 2.00 bits per heavy atom. The number of hydrogen-bond acceptors (Lipinski definition) is 6. The second-order valence-electron chi connectivity index (χ2n) is 6.01. The fourth-order valence-electron chi connectivity index (χ4n) is 2.55. The quantitative estimate of drug-likeness (QED) is 0.623. The van der Waals surface area contributed by atoms with Crippen LogP contribution in [-0.4, -0.2) is 41.9 Å². The van der Waals surface area contributed by atoms with Gasteiger partial charge in [-0.05, 0) is 43.3 Å². The lowest BCUT2D eigenvalue weighted by atomic mass is 10.1. The van der Waals surface area contributed by atoms with Gasteiger partial charge in [0.1, 0.15) is 12.3 Å². The lowest BCUT2D eigenvalue weighted by molar-refractivity contribution is -0.116. The second-order valence-corrected chi connectivity index (χ2v) is 7.22. The average Bonchev–Trinajstić information content (AvgIpc) is 3.31. The zero-order chi connectivity index (χ0) is 21.0. The summed E-state index contributed by atoms with van der Waals surface area (Å²) in [4.78, 5) is 30.8. The van der Waals surface area contributed by atoms with Crippen LogP contribution in [0.2, 0.25) is 0 Å². The zero-order valence-electron chi connectivity index (χ0n) is 15.5. The molecule has 7 nitrogen and oxygen atoms in total. The summed E-state index contributed by atoms with van der Waals surface area (Å²) >= 11 is 1.27. The number of benzene rings is 1. The average molecular weight is 421 g/mol. The summed E-state index contributed by atoms with van der Waals surface area (Å²) in [5.74, 6) is -0.623. The van der Waals surface area contributed by atoms with Gasteiger partial charge in [0.2, 0.25) is 5.91 Å². The molecule has 2 heterocycles. The number of aryl methyl sites for hydroxylation is 1. The van der Waals surface area contributed by atoms with Crippen LogP contribution < -0.4 is 10.1 Å². The van der Waals surface area contributed by atoms with E-state index in [9.17, 15) is 18.4 Å². The van der Waals surface area contributed by atoms with Crippen LogP contribution in [0.25, 0.3) is 11.3 Å². The summed E-state index contributed by atoms with van der Waals surface area (Å²) in [6.45, 7) is -1.23. The molecule has 0 saturated carbocycles. The molecule has 0 fully saturated rings. The molecular weight excluding hydrogens is 404 g/mol. The molecule has 0 aliphatic carbocycles. The van der Waals surface area contributed by atoms with Crippen molar-refractivity contribution in [1.29, 1.82) is 0 Å². The van der Waals surface area contributed by atoms with Gasteiger partial charge >= 0.3 is 6.61 Å². The van der Waals surface area contributed by atoms with Crippen molar-refractivity contribution in [3.05, 3.63) is 53.3 Å². The maximum absolute atomic E-state index is 12.3. The van der Waals surface area contributed by atoms with E-state index in [-0.39, 0.29) is 18.1 Å². The predicted octanol–water partition coefficient (Wildman–Crippen LogP) is 4.02. The van der Waals surface area contributed by atoms with Crippen molar-refractivity contribution in [1.82, 2.24) is 9.88 Å². The first kappa shape index (κ1) is 20.5. The number of rotatable bonds is 7. The SMILES string of the molecule is Cc1sc(NC(=O)CN(C)C(=O)c2ccco2)nc1-c1ccc(OC(F)F)cc1. The summed E-state index contributed by atoms with van der Waals surface area (Å²) in [5, 5.41) is 3.03. The highest BCUT2D eigenvalue weighted by Crippen LogP contribution is 2.31. The number of halogens is 2. The van der Waals surface area contributed by atoms with Crippen LogP contribution in [0.1, 0.15) is 15.4 Å². The third kappa shape index (κ3) is 5.17. The van der Waals surface area contributed by atoms with Gasteiger partial charge in [-0.25, -0.2) is 4.98 Å². The van der Waals surface area contributed by atoms with Gasteiger partial charge in [-0.2, -0.15) is 8.78 Å². The van der Waals surface area contributed by atoms with Crippen molar-refractivity contribution < 1.29 is 27.5 Å². The van der Waals surface area contributed by atoms with Crippen LogP contribution in [-0.2, 0) is 4.79 Å². The van der Waals surface area contributed by atoms with E-state index >= 15 is 0 Å². The smallest absolute Gasteiger partial charge is 0.387 e. The number of alkyl halides is 2. The first-order valence-electron chi connectivity index (χ1n) is 8.45. The van der Waals surface area contributed by atoms with Crippen LogP contribution in [0.15, 0.2) is 47.1 Å². The number of hydrogen-bond donors (Lipinski definition) is 1. The van der Waals surface area contributed by atoms with Crippen molar-refractivity contribution >= 4 is 28.3 Å². The van der Waals surface area contributed by atoms with Crippen LogP contribution in [0.5, 0.6) is 5.75 Å². The van der Waals surface area contributed by atoms with Gasteiger partial charge in [-0.3, -0.25) is 9.59 Å². The monoisotopic (exact) mass is 421 g/mol. The highest BCUT2D eigenvalue weighted by atomic mass is 32.1. The molecule has 0 atom stereocenters. The van der Waals surface area contributed by atoms with E-state index in [0.717, 1.165) is 4.88 Å².